The zero-order valence-electron chi connectivity index (χ0n) is 15.4. The molecule has 0 saturated heterocycles. The summed E-state index contributed by atoms with van der Waals surface area (Å²) in [5, 5.41) is 0. The number of rotatable bonds is 8. The molecule has 116 valence electrons. The number of hydrogen-bond donors (Lipinski definition) is 0. The Balaban J connectivity index is 0. The Labute approximate surface area is 172 Å². The second-order valence-corrected chi connectivity index (χ2v) is 7.49. The van der Waals surface area contributed by atoms with E-state index >= 15 is 0 Å². The molecular weight excluding hydrogens is 267 g/mol. The Morgan fingerprint density at radius 1 is 0.850 bits per heavy atom. The standard InChI is InChI=1S/C18H36.CH3.K/c1-15(2)7-5-8-16(3)9-6-10-18-13-11-17(4)12-14-18;;/h15-18H,5-14H2,1-4H3;1H3;/q;-1;+1. The van der Waals surface area contributed by atoms with Crippen LogP contribution in [0.3, 0.4) is 0 Å². The molecule has 0 spiro atoms. The van der Waals surface area contributed by atoms with Crippen molar-refractivity contribution in [1.82, 2.24) is 0 Å². The van der Waals surface area contributed by atoms with Gasteiger partial charge in [0, 0.05) is 0 Å². The van der Waals surface area contributed by atoms with Crippen molar-refractivity contribution in [3.8, 4) is 0 Å². The molecule has 1 heteroatoms. The largest absolute Gasteiger partial charge is 1.00 e. The van der Waals surface area contributed by atoms with Gasteiger partial charge in [-0.05, 0) is 23.7 Å². The van der Waals surface area contributed by atoms with E-state index in [2.05, 4.69) is 27.7 Å². The van der Waals surface area contributed by atoms with Crippen molar-refractivity contribution >= 4 is 0 Å². The molecule has 0 nitrogen and oxygen atoms in total. The Bertz CT molecular complexity index is 192. The molecule has 0 radical (unpaired) electrons. The van der Waals surface area contributed by atoms with E-state index < -0.39 is 0 Å². The Kier molecular flexibility index (Phi) is 17.0. The van der Waals surface area contributed by atoms with Crippen molar-refractivity contribution in [3.05, 3.63) is 7.43 Å². The van der Waals surface area contributed by atoms with Crippen LogP contribution in [0.1, 0.15) is 91.9 Å². The van der Waals surface area contributed by atoms with Gasteiger partial charge in [0.2, 0.25) is 0 Å². The van der Waals surface area contributed by atoms with Crippen LogP contribution in [0.5, 0.6) is 0 Å². The van der Waals surface area contributed by atoms with Crippen molar-refractivity contribution in [3.63, 3.8) is 0 Å². The summed E-state index contributed by atoms with van der Waals surface area (Å²) in [5.74, 6) is 3.94. The average Bonchev–Trinajstić information content (AvgIpc) is 2.31. The summed E-state index contributed by atoms with van der Waals surface area (Å²) in [5.41, 5.74) is 0. The second-order valence-electron chi connectivity index (χ2n) is 7.49. The van der Waals surface area contributed by atoms with E-state index in [9.17, 15) is 0 Å². The summed E-state index contributed by atoms with van der Waals surface area (Å²) < 4.78 is 0. The smallest absolute Gasteiger partial charge is 0.358 e. The normalized spacial score (nSPS) is 23.9. The van der Waals surface area contributed by atoms with Gasteiger partial charge in [0.05, 0.1) is 0 Å². The van der Waals surface area contributed by atoms with Gasteiger partial charge < -0.3 is 7.43 Å². The molecule has 0 aliphatic heterocycles. The van der Waals surface area contributed by atoms with E-state index in [0.717, 1.165) is 23.7 Å². The van der Waals surface area contributed by atoms with E-state index in [1.807, 2.05) is 0 Å². The van der Waals surface area contributed by atoms with E-state index in [-0.39, 0.29) is 58.8 Å². The topological polar surface area (TPSA) is 0 Å². The summed E-state index contributed by atoms with van der Waals surface area (Å²) in [4.78, 5) is 0. The predicted octanol–water partition coefficient (Wildman–Crippen LogP) is 3.90. The maximum Gasteiger partial charge on any atom is 1.00 e. The number of hydrogen-bond acceptors (Lipinski definition) is 0. The van der Waals surface area contributed by atoms with Crippen LogP contribution in [0.4, 0.5) is 0 Å². The molecule has 1 saturated carbocycles. The maximum atomic E-state index is 2.46. The molecule has 0 N–H and O–H groups in total. The van der Waals surface area contributed by atoms with Crippen LogP contribution in [0, 0.1) is 31.1 Å². The molecule has 1 fully saturated rings. The van der Waals surface area contributed by atoms with Crippen molar-refractivity contribution in [1.29, 1.82) is 0 Å². The molecule has 0 aromatic rings. The minimum atomic E-state index is 0. The quantitative estimate of drug-likeness (QED) is 0.471. The van der Waals surface area contributed by atoms with Gasteiger partial charge in [-0.25, -0.2) is 0 Å². The molecule has 0 heterocycles. The van der Waals surface area contributed by atoms with Gasteiger partial charge in [-0.3, -0.25) is 0 Å². The first-order chi connectivity index (χ1) is 8.58. The second kappa shape index (κ2) is 14.2. The molecule has 0 aromatic heterocycles. The van der Waals surface area contributed by atoms with Crippen molar-refractivity contribution in [2.24, 2.45) is 23.7 Å². The zero-order chi connectivity index (χ0) is 13.4. The minimum absolute atomic E-state index is 0. The Morgan fingerprint density at radius 2 is 1.40 bits per heavy atom. The molecule has 0 bridgehead atoms. The molecule has 1 aliphatic rings. The van der Waals surface area contributed by atoms with Crippen molar-refractivity contribution in [2.45, 2.75) is 91.9 Å². The molecular formula is C19H39K. The fraction of sp³-hybridized carbons (Fsp3) is 0.947. The monoisotopic (exact) mass is 306 g/mol. The van der Waals surface area contributed by atoms with Gasteiger partial charge >= 0.3 is 51.4 Å². The van der Waals surface area contributed by atoms with Crippen molar-refractivity contribution < 1.29 is 51.4 Å². The van der Waals surface area contributed by atoms with Crippen LogP contribution in [0.15, 0.2) is 0 Å². The van der Waals surface area contributed by atoms with E-state index in [1.165, 1.54) is 64.2 Å². The minimum Gasteiger partial charge on any atom is -0.358 e. The summed E-state index contributed by atoms with van der Waals surface area (Å²) in [7, 11) is 0. The van der Waals surface area contributed by atoms with E-state index in [1.54, 1.807) is 0 Å². The molecule has 1 atom stereocenters. The molecule has 0 amide bonds. The fourth-order valence-electron chi connectivity index (χ4n) is 3.39. The first kappa shape index (κ1) is 23.9. The average molecular weight is 307 g/mol. The van der Waals surface area contributed by atoms with Gasteiger partial charge in [-0.2, -0.15) is 0 Å². The zero-order valence-corrected chi connectivity index (χ0v) is 18.5. The summed E-state index contributed by atoms with van der Waals surface area (Å²) in [6, 6.07) is 0. The first-order valence-corrected chi connectivity index (χ1v) is 8.58. The molecule has 1 rings (SSSR count). The molecule has 0 aromatic carbocycles. The van der Waals surface area contributed by atoms with Gasteiger partial charge in [0.15, 0.2) is 0 Å². The Hall–Kier alpha value is 1.64. The van der Waals surface area contributed by atoms with Crippen LogP contribution >= 0.6 is 0 Å². The van der Waals surface area contributed by atoms with Crippen LogP contribution in [-0.4, -0.2) is 0 Å². The van der Waals surface area contributed by atoms with Gasteiger partial charge in [-0.15, -0.1) is 0 Å². The van der Waals surface area contributed by atoms with Gasteiger partial charge in [-0.1, -0.05) is 91.9 Å². The summed E-state index contributed by atoms with van der Waals surface area (Å²) in [6.45, 7) is 9.57. The van der Waals surface area contributed by atoms with Gasteiger partial charge in [0.1, 0.15) is 0 Å². The first-order valence-electron chi connectivity index (χ1n) is 8.58. The van der Waals surface area contributed by atoms with Crippen molar-refractivity contribution in [2.75, 3.05) is 0 Å². The molecule has 1 aliphatic carbocycles. The molecule has 1 unspecified atom stereocenters. The van der Waals surface area contributed by atoms with Crippen LogP contribution in [0.2, 0.25) is 0 Å². The third kappa shape index (κ3) is 12.2. The SMILES string of the molecule is CC(C)CCCC(C)CCCC1CCC(C)CC1.[CH3-].[K+]. The van der Waals surface area contributed by atoms with Crippen LogP contribution < -0.4 is 51.4 Å². The maximum absolute atomic E-state index is 2.46. The third-order valence-electron chi connectivity index (χ3n) is 4.92. The molecule has 20 heavy (non-hydrogen) atoms. The van der Waals surface area contributed by atoms with Gasteiger partial charge in [0.25, 0.3) is 0 Å². The predicted molar refractivity (Wildman–Crippen MR) is 89.2 cm³/mol. The van der Waals surface area contributed by atoms with E-state index in [0.29, 0.717) is 0 Å². The summed E-state index contributed by atoms with van der Waals surface area (Å²) in [6.07, 6.45) is 14.8. The third-order valence-corrected chi connectivity index (χ3v) is 4.92. The Morgan fingerprint density at radius 3 is 1.95 bits per heavy atom. The van der Waals surface area contributed by atoms with Crippen LogP contribution in [0.25, 0.3) is 0 Å². The summed E-state index contributed by atoms with van der Waals surface area (Å²) >= 11 is 0. The van der Waals surface area contributed by atoms with E-state index in [4.69, 9.17) is 0 Å². The fourth-order valence-corrected chi connectivity index (χ4v) is 3.39. The van der Waals surface area contributed by atoms with Crippen LogP contribution in [-0.2, 0) is 0 Å².